The summed E-state index contributed by atoms with van der Waals surface area (Å²) in [6.07, 6.45) is 2.67. The molecule has 0 aromatic rings. The van der Waals surface area contributed by atoms with Gasteiger partial charge in [0.2, 0.25) is 0 Å². The van der Waals surface area contributed by atoms with Gasteiger partial charge < -0.3 is 5.32 Å². The zero-order valence-electron chi connectivity index (χ0n) is 9.85. The van der Waals surface area contributed by atoms with E-state index in [1.807, 2.05) is 0 Å². The van der Waals surface area contributed by atoms with E-state index in [-0.39, 0.29) is 0 Å². The molecule has 1 saturated carbocycles. The van der Waals surface area contributed by atoms with Gasteiger partial charge in [0.15, 0.2) is 0 Å². The fraction of sp³-hybridized carbons (Fsp3) is 1.00. The predicted molar refractivity (Wildman–Crippen MR) is 58.8 cm³/mol. The molecule has 0 aromatic heterocycles. The summed E-state index contributed by atoms with van der Waals surface area (Å²) in [5, 5.41) is 3.69. The van der Waals surface area contributed by atoms with E-state index in [2.05, 4.69) is 39.9 Å². The minimum Gasteiger partial charge on any atom is -0.313 e. The lowest BCUT2D eigenvalue weighted by Crippen LogP contribution is -2.35. The van der Waals surface area contributed by atoms with Crippen LogP contribution in [0.2, 0.25) is 0 Å². The summed E-state index contributed by atoms with van der Waals surface area (Å²) in [5.41, 5.74) is 0.627. The normalized spacial score (nSPS) is 27.7. The molecule has 1 fully saturated rings. The number of hydrogen-bond donors (Lipinski definition) is 1. The number of hydrogen-bond acceptors (Lipinski definition) is 1. The highest BCUT2D eigenvalue weighted by molar-refractivity contribution is 4.96. The summed E-state index contributed by atoms with van der Waals surface area (Å²) in [6, 6.07) is 0.719. The minimum atomic E-state index is 0.627. The van der Waals surface area contributed by atoms with Crippen LogP contribution in [0.25, 0.3) is 0 Å². The molecule has 1 rings (SSSR count). The van der Waals surface area contributed by atoms with Gasteiger partial charge in [-0.05, 0) is 36.6 Å². The minimum absolute atomic E-state index is 0.627. The van der Waals surface area contributed by atoms with Gasteiger partial charge in [-0.2, -0.15) is 0 Å². The largest absolute Gasteiger partial charge is 0.313 e. The Morgan fingerprint density at radius 1 is 1.38 bits per heavy atom. The first-order valence-corrected chi connectivity index (χ1v) is 5.70. The molecule has 0 aliphatic heterocycles. The van der Waals surface area contributed by atoms with Crippen LogP contribution in [-0.4, -0.2) is 12.6 Å². The molecule has 0 amide bonds. The molecule has 1 aliphatic rings. The second kappa shape index (κ2) is 4.00. The summed E-state index contributed by atoms with van der Waals surface area (Å²) in [6.45, 7) is 12.9. The fourth-order valence-corrected chi connectivity index (χ4v) is 2.07. The van der Waals surface area contributed by atoms with Crippen LogP contribution >= 0.6 is 0 Å². The number of nitrogens with one attached hydrogen (secondary N) is 1. The van der Waals surface area contributed by atoms with Crippen LogP contribution in [-0.2, 0) is 0 Å². The van der Waals surface area contributed by atoms with Crippen molar-refractivity contribution >= 4 is 0 Å². The van der Waals surface area contributed by atoms with Crippen LogP contribution in [0.3, 0.4) is 0 Å². The van der Waals surface area contributed by atoms with Gasteiger partial charge in [-0.3, -0.25) is 0 Å². The van der Waals surface area contributed by atoms with Crippen LogP contribution in [0.1, 0.15) is 47.5 Å². The molecule has 0 heterocycles. The lowest BCUT2D eigenvalue weighted by atomic mass is 10.0. The first-order valence-electron chi connectivity index (χ1n) is 5.70. The Balaban J connectivity index is 2.18. The van der Waals surface area contributed by atoms with Gasteiger partial charge in [0.25, 0.3) is 0 Å². The van der Waals surface area contributed by atoms with Gasteiger partial charge in [-0.25, -0.2) is 0 Å². The molecule has 1 nitrogen and oxygen atoms in total. The van der Waals surface area contributed by atoms with Crippen LogP contribution in [0.5, 0.6) is 0 Å². The van der Waals surface area contributed by atoms with Crippen LogP contribution in [0.15, 0.2) is 0 Å². The van der Waals surface area contributed by atoms with Crippen molar-refractivity contribution in [1.82, 2.24) is 5.32 Å². The van der Waals surface area contributed by atoms with E-state index >= 15 is 0 Å². The highest BCUT2D eigenvalue weighted by atomic mass is 14.9. The summed E-state index contributed by atoms with van der Waals surface area (Å²) in [7, 11) is 0. The first-order chi connectivity index (χ1) is 5.97. The summed E-state index contributed by atoms with van der Waals surface area (Å²) in [5.74, 6) is 1.70. The van der Waals surface area contributed by atoms with Gasteiger partial charge in [0.1, 0.15) is 0 Å². The molecule has 2 atom stereocenters. The van der Waals surface area contributed by atoms with E-state index in [4.69, 9.17) is 0 Å². The molecule has 1 aliphatic carbocycles. The Morgan fingerprint density at radius 2 is 1.92 bits per heavy atom. The lowest BCUT2D eigenvalue weighted by Gasteiger charge is -2.21. The third kappa shape index (κ3) is 2.98. The molecule has 1 heteroatoms. The monoisotopic (exact) mass is 183 g/mol. The Labute approximate surface area is 83.3 Å². The van der Waals surface area contributed by atoms with Crippen LogP contribution < -0.4 is 5.32 Å². The highest BCUT2D eigenvalue weighted by Crippen LogP contribution is 2.51. The van der Waals surface area contributed by atoms with Gasteiger partial charge >= 0.3 is 0 Å². The topological polar surface area (TPSA) is 12.0 Å². The maximum absolute atomic E-state index is 3.69. The Kier molecular flexibility index (Phi) is 3.39. The number of rotatable bonds is 5. The van der Waals surface area contributed by atoms with Crippen molar-refractivity contribution in [2.24, 2.45) is 17.3 Å². The van der Waals surface area contributed by atoms with Crippen molar-refractivity contribution in [2.45, 2.75) is 53.5 Å². The molecule has 0 bridgehead atoms. The standard InChI is InChI=1S/C12H25N/c1-6-11(9(2)3)13-8-10-7-12(10,4)5/h9-11,13H,6-8H2,1-5H3. The van der Waals surface area contributed by atoms with Gasteiger partial charge in [-0.15, -0.1) is 0 Å². The van der Waals surface area contributed by atoms with E-state index in [0.717, 1.165) is 17.9 Å². The molecule has 13 heavy (non-hydrogen) atoms. The second-order valence-corrected chi connectivity index (χ2v) is 5.56. The smallest absolute Gasteiger partial charge is 0.00875 e. The lowest BCUT2D eigenvalue weighted by molar-refractivity contribution is 0.371. The van der Waals surface area contributed by atoms with E-state index in [9.17, 15) is 0 Å². The molecular formula is C12H25N. The SMILES string of the molecule is CCC(NCC1CC1(C)C)C(C)C. The molecule has 0 spiro atoms. The third-order valence-corrected chi connectivity index (χ3v) is 3.59. The van der Waals surface area contributed by atoms with E-state index < -0.39 is 0 Å². The van der Waals surface area contributed by atoms with Crippen molar-refractivity contribution in [3.05, 3.63) is 0 Å². The van der Waals surface area contributed by atoms with Crippen molar-refractivity contribution in [3.63, 3.8) is 0 Å². The average Bonchev–Trinajstić information content (AvgIpc) is 2.59. The molecular weight excluding hydrogens is 158 g/mol. The van der Waals surface area contributed by atoms with Crippen LogP contribution in [0.4, 0.5) is 0 Å². The molecule has 0 saturated heterocycles. The highest BCUT2D eigenvalue weighted by Gasteiger charge is 2.45. The van der Waals surface area contributed by atoms with E-state index in [1.165, 1.54) is 19.4 Å². The Hall–Kier alpha value is -0.0400. The first kappa shape index (κ1) is 11.0. The van der Waals surface area contributed by atoms with Crippen molar-refractivity contribution in [2.75, 3.05) is 6.54 Å². The van der Waals surface area contributed by atoms with Gasteiger partial charge in [-0.1, -0.05) is 34.6 Å². The van der Waals surface area contributed by atoms with Crippen molar-refractivity contribution in [1.29, 1.82) is 0 Å². The van der Waals surface area contributed by atoms with Crippen LogP contribution in [0, 0.1) is 17.3 Å². The van der Waals surface area contributed by atoms with E-state index in [0.29, 0.717) is 5.41 Å². The van der Waals surface area contributed by atoms with Gasteiger partial charge in [0.05, 0.1) is 0 Å². The summed E-state index contributed by atoms with van der Waals surface area (Å²) in [4.78, 5) is 0. The fourth-order valence-electron chi connectivity index (χ4n) is 2.07. The molecule has 0 aromatic carbocycles. The van der Waals surface area contributed by atoms with Crippen molar-refractivity contribution < 1.29 is 0 Å². The molecule has 2 unspecified atom stereocenters. The predicted octanol–water partition coefficient (Wildman–Crippen LogP) is 3.06. The second-order valence-electron chi connectivity index (χ2n) is 5.56. The summed E-state index contributed by atoms with van der Waals surface area (Å²) >= 11 is 0. The molecule has 1 N–H and O–H groups in total. The maximum Gasteiger partial charge on any atom is 0.00875 e. The third-order valence-electron chi connectivity index (χ3n) is 3.59. The zero-order valence-corrected chi connectivity index (χ0v) is 9.85. The quantitative estimate of drug-likeness (QED) is 0.691. The Morgan fingerprint density at radius 3 is 2.23 bits per heavy atom. The van der Waals surface area contributed by atoms with E-state index in [1.54, 1.807) is 0 Å². The molecule has 78 valence electrons. The Bertz CT molecular complexity index is 161. The zero-order chi connectivity index (χ0) is 10.1. The maximum atomic E-state index is 3.69. The van der Waals surface area contributed by atoms with Crippen molar-refractivity contribution in [3.8, 4) is 0 Å². The van der Waals surface area contributed by atoms with Gasteiger partial charge in [0, 0.05) is 6.04 Å². The molecule has 0 radical (unpaired) electrons. The summed E-state index contributed by atoms with van der Waals surface area (Å²) < 4.78 is 0. The average molecular weight is 183 g/mol.